The van der Waals surface area contributed by atoms with Gasteiger partial charge in [-0.25, -0.2) is 0 Å². The summed E-state index contributed by atoms with van der Waals surface area (Å²) >= 11 is 0. The second-order valence-corrected chi connectivity index (χ2v) is 5.78. The lowest BCUT2D eigenvalue weighted by molar-refractivity contribution is -0.114. The Labute approximate surface area is 109 Å². The highest BCUT2D eigenvalue weighted by Gasteiger charge is 2.38. The fourth-order valence-corrected chi connectivity index (χ4v) is 3.14. The van der Waals surface area contributed by atoms with Gasteiger partial charge in [-0.3, -0.25) is 4.90 Å². The van der Waals surface area contributed by atoms with E-state index >= 15 is 0 Å². The van der Waals surface area contributed by atoms with Gasteiger partial charge in [0.15, 0.2) is 0 Å². The van der Waals surface area contributed by atoms with Crippen molar-refractivity contribution in [2.45, 2.75) is 32.0 Å². The van der Waals surface area contributed by atoms with Gasteiger partial charge in [-0.15, -0.1) is 0 Å². The minimum Gasteiger partial charge on any atom is -0.376 e. The van der Waals surface area contributed by atoms with Gasteiger partial charge >= 0.3 is 0 Å². The predicted octanol–water partition coefficient (Wildman–Crippen LogP) is 1.55. The molecule has 1 aromatic carbocycles. The monoisotopic (exact) mass is 246 g/mol. The minimum absolute atomic E-state index is 0.0798. The molecule has 1 N–H and O–H groups in total. The summed E-state index contributed by atoms with van der Waals surface area (Å²) in [6.45, 7) is 7.49. The molecule has 0 aromatic heterocycles. The van der Waals surface area contributed by atoms with Crippen LogP contribution in [0.25, 0.3) is 0 Å². The van der Waals surface area contributed by atoms with Gasteiger partial charge in [-0.1, -0.05) is 18.2 Å². The van der Waals surface area contributed by atoms with Crippen molar-refractivity contribution in [3.05, 3.63) is 34.9 Å². The zero-order chi connectivity index (χ0) is 12.6. The largest absolute Gasteiger partial charge is 0.376 e. The Balaban J connectivity index is 1.71. The maximum atomic E-state index is 5.50. The summed E-state index contributed by atoms with van der Waals surface area (Å²) < 4.78 is 5.50. The van der Waals surface area contributed by atoms with Crippen LogP contribution >= 0.6 is 0 Å². The zero-order valence-corrected chi connectivity index (χ0v) is 11.3. The van der Waals surface area contributed by atoms with Gasteiger partial charge < -0.3 is 10.1 Å². The van der Waals surface area contributed by atoms with E-state index in [1.807, 2.05) is 7.11 Å². The van der Waals surface area contributed by atoms with Gasteiger partial charge in [0, 0.05) is 33.3 Å². The molecule has 98 valence electrons. The molecule has 0 bridgehead atoms. The SMILES string of the molecule is COC1(C)CN(Cc2cccc3c2CCNC3)C1. The summed E-state index contributed by atoms with van der Waals surface area (Å²) in [5, 5.41) is 3.44. The molecule has 0 aliphatic carbocycles. The molecular weight excluding hydrogens is 224 g/mol. The Kier molecular flexibility index (Phi) is 3.14. The van der Waals surface area contributed by atoms with Gasteiger partial charge in [-0.2, -0.15) is 0 Å². The topological polar surface area (TPSA) is 24.5 Å². The molecule has 0 spiro atoms. The molecule has 2 aliphatic heterocycles. The first-order valence-electron chi connectivity index (χ1n) is 6.78. The lowest BCUT2D eigenvalue weighted by atomic mass is 9.92. The number of benzene rings is 1. The average Bonchev–Trinajstić information content (AvgIpc) is 2.37. The Bertz CT molecular complexity index is 438. The molecule has 1 saturated heterocycles. The summed E-state index contributed by atoms with van der Waals surface area (Å²) in [5.41, 5.74) is 4.64. The van der Waals surface area contributed by atoms with E-state index in [0.29, 0.717) is 0 Å². The van der Waals surface area contributed by atoms with Gasteiger partial charge in [-0.05, 0) is 36.6 Å². The number of fused-ring (bicyclic) bond motifs is 1. The van der Waals surface area contributed by atoms with Crippen LogP contribution in [0.3, 0.4) is 0 Å². The van der Waals surface area contributed by atoms with Crippen LogP contribution in [0.1, 0.15) is 23.6 Å². The highest BCUT2D eigenvalue weighted by molar-refractivity contribution is 5.37. The first kappa shape index (κ1) is 12.2. The highest BCUT2D eigenvalue weighted by atomic mass is 16.5. The Morgan fingerprint density at radius 2 is 2.22 bits per heavy atom. The van der Waals surface area contributed by atoms with Gasteiger partial charge in [0.1, 0.15) is 0 Å². The smallest absolute Gasteiger partial charge is 0.0903 e. The van der Waals surface area contributed by atoms with Crippen molar-refractivity contribution in [3.63, 3.8) is 0 Å². The second kappa shape index (κ2) is 4.65. The fraction of sp³-hybridized carbons (Fsp3) is 0.600. The van der Waals surface area contributed by atoms with Crippen LogP contribution in [-0.4, -0.2) is 37.2 Å². The van der Waals surface area contributed by atoms with Crippen molar-refractivity contribution in [2.75, 3.05) is 26.7 Å². The Morgan fingerprint density at radius 1 is 1.39 bits per heavy atom. The molecule has 0 radical (unpaired) electrons. The number of likely N-dealkylation sites (tertiary alicyclic amines) is 1. The molecule has 3 heteroatoms. The third-order valence-corrected chi connectivity index (χ3v) is 4.24. The highest BCUT2D eigenvalue weighted by Crippen LogP contribution is 2.27. The number of methoxy groups -OCH3 is 1. The van der Waals surface area contributed by atoms with Crippen molar-refractivity contribution in [1.82, 2.24) is 10.2 Å². The van der Waals surface area contributed by atoms with Crippen molar-refractivity contribution >= 4 is 0 Å². The quantitative estimate of drug-likeness (QED) is 0.876. The second-order valence-electron chi connectivity index (χ2n) is 5.78. The maximum Gasteiger partial charge on any atom is 0.0903 e. The van der Waals surface area contributed by atoms with Crippen LogP contribution in [-0.2, 0) is 24.2 Å². The fourth-order valence-electron chi connectivity index (χ4n) is 3.14. The van der Waals surface area contributed by atoms with E-state index < -0.39 is 0 Å². The van der Waals surface area contributed by atoms with Crippen molar-refractivity contribution in [2.24, 2.45) is 0 Å². The van der Waals surface area contributed by atoms with E-state index in [1.165, 1.54) is 17.5 Å². The minimum atomic E-state index is 0.0798. The van der Waals surface area contributed by atoms with Gasteiger partial charge in [0.25, 0.3) is 0 Å². The summed E-state index contributed by atoms with van der Waals surface area (Å²) in [4.78, 5) is 2.47. The molecule has 0 saturated carbocycles. The van der Waals surface area contributed by atoms with Crippen molar-refractivity contribution < 1.29 is 4.74 Å². The molecule has 2 heterocycles. The van der Waals surface area contributed by atoms with Crippen molar-refractivity contribution in [3.8, 4) is 0 Å². The number of nitrogens with zero attached hydrogens (tertiary/aromatic N) is 1. The zero-order valence-electron chi connectivity index (χ0n) is 11.3. The first-order valence-corrected chi connectivity index (χ1v) is 6.78. The van der Waals surface area contributed by atoms with E-state index in [2.05, 4.69) is 35.3 Å². The number of nitrogens with one attached hydrogen (secondary N) is 1. The Hall–Kier alpha value is -0.900. The van der Waals surface area contributed by atoms with Gasteiger partial charge in [0.05, 0.1) is 5.60 Å². The van der Waals surface area contributed by atoms with E-state index in [0.717, 1.165) is 32.7 Å². The molecule has 1 fully saturated rings. The van der Waals surface area contributed by atoms with Crippen LogP contribution in [0.4, 0.5) is 0 Å². The molecule has 0 unspecified atom stereocenters. The molecule has 3 nitrogen and oxygen atoms in total. The number of rotatable bonds is 3. The van der Waals surface area contributed by atoms with Crippen LogP contribution in [0.2, 0.25) is 0 Å². The summed E-state index contributed by atoms with van der Waals surface area (Å²) in [7, 11) is 1.81. The molecule has 18 heavy (non-hydrogen) atoms. The van der Waals surface area contributed by atoms with Crippen LogP contribution in [0.5, 0.6) is 0 Å². The van der Waals surface area contributed by atoms with E-state index in [1.54, 1.807) is 5.56 Å². The van der Waals surface area contributed by atoms with Crippen LogP contribution < -0.4 is 5.32 Å². The molecule has 3 rings (SSSR count). The Morgan fingerprint density at radius 3 is 3.00 bits per heavy atom. The summed E-state index contributed by atoms with van der Waals surface area (Å²) in [6, 6.07) is 6.73. The first-order chi connectivity index (χ1) is 8.70. The van der Waals surface area contributed by atoms with E-state index in [9.17, 15) is 0 Å². The normalized spacial score (nSPS) is 22.3. The lowest BCUT2D eigenvalue weighted by Crippen LogP contribution is -2.60. The molecular formula is C15H22N2O. The van der Waals surface area contributed by atoms with Crippen LogP contribution in [0.15, 0.2) is 18.2 Å². The summed E-state index contributed by atoms with van der Waals surface area (Å²) in [6.07, 6.45) is 1.17. The predicted molar refractivity (Wildman–Crippen MR) is 72.5 cm³/mol. The lowest BCUT2D eigenvalue weighted by Gasteiger charge is -2.47. The number of ether oxygens (including phenoxy) is 1. The third-order valence-electron chi connectivity index (χ3n) is 4.24. The third kappa shape index (κ3) is 2.18. The number of hydrogen-bond acceptors (Lipinski definition) is 3. The van der Waals surface area contributed by atoms with E-state index in [4.69, 9.17) is 4.74 Å². The molecule has 2 aliphatic rings. The summed E-state index contributed by atoms with van der Waals surface area (Å²) in [5.74, 6) is 0. The molecule has 0 amide bonds. The maximum absolute atomic E-state index is 5.50. The van der Waals surface area contributed by atoms with Crippen LogP contribution in [0, 0.1) is 0 Å². The van der Waals surface area contributed by atoms with Gasteiger partial charge in [0.2, 0.25) is 0 Å². The molecule has 0 atom stereocenters. The molecule has 1 aromatic rings. The van der Waals surface area contributed by atoms with Crippen molar-refractivity contribution in [1.29, 1.82) is 0 Å². The number of hydrogen-bond donors (Lipinski definition) is 1. The standard InChI is InChI=1S/C15H22N2O/c1-15(18-2)10-17(11-15)9-13-5-3-4-12-8-16-7-6-14(12)13/h3-5,16H,6-11H2,1-2H3. The average molecular weight is 246 g/mol. The van der Waals surface area contributed by atoms with E-state index in [-0.39, 0.29) is 5.60 Å².